The van der Waals surface area contributed by atoms with Gasteiger partial charge in [0.25, 0.3) is 5.91 Å². The summed E-state index contributed by atoms with van der Waals surface area (Å²) in [6.45, 7) is 5.20. The lowest BCUT2D eigenvalue weighted by molar-refractivity contribution is 0.0740. The number of rotatable bonds is 2. The second-order valence-corrected chi connectivity index (χ2v) is 6.39. The fraction of sp³-hybridized carbons (Fsp3) is 0.312. The number of hydrogen-bond acceptors (Lipinski definition) is 3. The largest absolute Gasteiger partial charge is 0.335 e. The number of nitrogens with zero attached hydrogens (tertiary/aromatic N) is 1. The quantitative estimate of drug-likeness (QED) is 0.925. The zero-order valence-corrected chi connectivity index (χ0v) is 12.7. The highest BCUT2D eigenvalue weighted by molar-refractivity contribution is 7.14. The van der Waals surface area contributed by atoms with Crippen molar-refractivity contribution >= 4 is 17.2 Å². The first-order chi connectivity index (χ1) is 10.1. The summed E-state index contributed by atoms with van der Waals surface area (Å²) in [5.74, 6) is -0.151. The molecule has 1 saturated heterocycles. The monoisotopic (exact) mass is 304 g/mol. The van der Waals surface area contributed by atoms with Crippen LogP contribution < -0.4 is 5.32 Å². The van der Waals surface area contributed by atoms with Crippen molar-refractivity contribution in [3.05, 3.63) is 45.9 Å². The van der Waals surface area contributed by atoms with Crippen LogP contribution in [0.5, 0.6) is 0 Å². The van der Waals surface area contributed by atoms with Gasteiger partial charge in [-0.2, -0.15) is 0 Å². The molecule has 0 aliphatic carbocycles. The van der Waals surface area contributed by atoms with E-state index in [1.54, 1.807) is 12.1 Å². The van der Waals surface area contributed by atoms with Gasteiger partial charge in [0.15, 0.2) is 0 Å². The molecule has 1 fully saturated rings. The minimum atomic E-state index is -0.247. The van der Waals surface area contributed by atoms with Crippen LogP contribution in [0.15, 0.2) is 30.3 Å². The van der Waals surface area contributed by atoms with Gasteiger partial charge in [0.05, 0.1) is 4.88 Å². The molecule has 1 aromatic heterocycles. The van der Waals surface area contributed by atoms with E-state index in [4.69, 9.17) is 0 Å². The molecular formula is C16H17FN2OS. The maximum atomic E-state index is 13.0. The van der Waals surface area contributed by atoms with Gasteiger partial charge >= 0.3 is 0 Å². The predicted octanol–water partition coefficient (Wildman–Crippen LogP) is 2.91. The average Bonchev–Trinajstić information content (AvgIpc) is 2.90. The average molecular weight is 304 g/mol. The minimum absolute atomic E-state index is 0.0953. The van der Waals surface area contributed by atoms with Crippen LogP contribution in [0.3, 0.4) is 0 Å². The fourth-order valence-electron chi connectivity index (χ4n) is 2.53. The van der Waals surface area contributed by atoms with Gasteiger partial charge in [-0.05, 0) is 36.2 Å². The van der Waals surface area contributed by atoms with Crippen LogP contribution in [0.2, 0.25) is 0 Å². The molecule has 0 saturated carbocycles. The molecule has 0 bridgehead atoms. The van der Waals surface area contributed by atoms with Crippen LogP contribution in [-0.4, -0.2) is 37.0 Å². The van der Waals surface area contributed by atoms with E-state index in [1.165, 1.54) is 23.5 Å². The van der Waals surface area contributed by atoms with E-state index in [0.717, 1.165) is 47.1 Å². The molecule has 1 amide bonds. The molecule has 0 radical (unpaired) electrons. The lowest BCUT2D eigenvalue weighted by Crippen LogP contribution is -2.46. The van der Waals surface area contributed by atoms with Crippen LogP contribution >= 0.6 is 11.3 Å². The Hall–Kier alpha value is -1.72. The van der Waals surface area contributed by atoms with E-state index in [1.807, 2.05) is 17.9 Å². The topological polar surface area (TPSA) is 32.3 Å². The molecule has 21 heavy (non-hydrogen) atoms. The van der Waals surface area contributed by atoms with Crippen molar-refractivity contribution < 1.29 is 9.18 Å². The molecule has 1 aromatic carbocycles. The van der Waals surface area contributed by atoms with Crippen molar-refractivity contribution in [2.75, 3.05) is 26.2 Å². The SMILES string of the molecule is Cc1sc(C(=O)N2CCNCC2)cc1-c1ccc(F)cc1. The molecule has 3 rings (SSSR count). The van der Waals surface area contributed by atoms with Gasteiger partial charge in [-0.3, -0.25) is 4.79 Å². The van der Waals surface area contributed by atoms with Gasteiger partial charge in [0.1, 0.15) is 5.82 Å². The zero-order chi connectivity index (χ0) is 14.8. The maximum Gasteiger partial charge on any atom is 0.264 e. The van der Waals surface area contributed by atoms with Gasteiger partial charge in [-0.1, -0.05) is 12.1 Å². The molecule has 0 spiro atoms. The lowest BCUT2D eigenvalue weighted by Gasteiger charge is -2.26. The van der Waals surface area contributed by atoms with Crippen LogP contribution in [0.25, 0.3) is 11.1 Å². The Balaban J connectivity index is 1.86. The first-order valence-corrected chi connectivity index (χ1v) is 7.83. The molecule has 1 aliphatic heterocycles. The van der Waals surface area contributed by atoms with Crippen LogP contribution in [0, 0.1) is 12.7 Å². The van der Waals surface area contributed by atoms with Crippen molar-refractivity contribution in [3.8, 4) is 11.1 Å². The number of amides is 1. The summed E-state index contributed by atoms with van der Waals surface area (Å²) in [4.78, 5) is 16.2. The number of carbonyl (C=O) groups is 1. The third kappa shape index (κ3) is 2.99. The Morgan fingerprint density at radius 2 is 1.90 bits per heavy atom. The van der Waals surface area contributed by atoms with Gasteiger partial charge in [0, 0.05) is 31.1 Å². The standard InChI is InChI=1S/C16H17FN2OS/c1-11-14(12-2-4-13(17)5-3-12)10-15(21-11)16(20)19-8-6-18-7-9-19/h2-5,10,18H,6-9H2,1H3. The summed E-state index contributed by atoms with van der Waals surface area (Å²) in [7, 11) is 0. The third-order valence-corrected chi connectivity index (χ3v) is 4.73. The number of hydrogen-bond donors (Lipinski definition) is 1. The fourth-order valence-corrected chi connectivity index (χ4v) is 3.54. The van der Waals surface area contributed by atoms with Gasteiger partial charge in [0.2, 0.25) is 0 Å². The van der Waals surface area contributed by atoms with E-state index in [-0.39, 0.29) is 11.7 Å². The molecule has 5 heteroatoms. The van der Waals surface area contributed by atoms with Crippen molar-refractivity contribution in [2.24, 2.45) is 0 Å². The Labute approximate surface area is 127 Å². The number of benzene rings is 1. The molecule has 3 nitrogen and oxygen atoms in total. The van der Waals surface area contributed by atoms with Crippen molar-refractivity contribution in [1.29, 1.82) is 0 Å². The van der Waals surface area contributed by atoms with Crippen molar-refractivity contribution in [2.45, 2.75) is 6.92 Å². The number of nitrogens with one attached hydrogen (secondary N) is 1. The molecule has 0 unspecified atom stereocenters. The molecule has 2 aromatic rings. The molecule has 110 valence electrons. The highest BCUT2D eigenvalue weighted by atomic mass is 32.1. The van der Waals surface area contributed by atoms with Gasteiger partial charge < -0.3 is 10.2 Å². The highest BCUT2D eigenvalue weighted by Crippen LogP contribution is 2.31. The first kappa shape index (κ1) is 14.2. The third-order valence-electron chi connectivity index (χ3n) is 3.69. The zero-order valence-electron chi connectivity index (χ0n) is 11.9. The van der Waals surface area contributed by atoms with Crippen LogP contribution in [0.1, 0.15) is 14.5 Å². The normalized spacial score (nSPS) is 15.2. The van der Waals surface area contributed by atoms with E-state index in [2.05, 4.69) is 5.32 Å². The summed E-state index contributed by atoms with van der Waals surface area (Å²) in [6.07, 6.45) is 0. The maximum absolute atomic E-state index is 13.0. The van der Waals surface area contributed by atoms with Gasteiger partial charge in [-0.25, -0.2) is 4.39 Å². The predicted molar refractivity (Wildman–Crippen MR) is 83.2 cm³/mol. The number of piperazine rings is 1. The second-order valence-electron chi connectivity index (χ2n) is 5.13. The summed E-state index contributed by atoms with van der Waals surface area (Å²) in [5, 5.41) is 3.24. The minimum Gasteiger partial charge on any atom is -0.335 e. The van der Waals surface area contributed by atoms with Crippen molar-refractivity contribution in [1.82, 2.24) is 10.2 Å². The summed E-state index contributed by atoms with van der Waals surface area (Å²) < 4.78 is 13.0. The van der Waals surface area contributed by atoms with Gasteiger partial charge in [-0.15, -0.1) is 11.3 Å². The van der Waals surface area contributed by atoms with E-state index in [0.29, 0.717) is 0 Å². The summed E-state index contributed by atoms with van der Waals surface area (Å²) in [5.41, 5.74) is 1.96. The number of thiophene rings is 1. The van der Waals surface area contributed by atoms with E-state index in [9.17, 15) is 9.18 Å². The molecule has 1 aliphatic rings. The summed E-state index contributed by atoms with van der Waals surface area (Å²) in [6, 6.07) is 8.33. The molecular weight excluding hydrogens is 287 g/mol. The Bertz CT molecular complexity index is 645. The first-order valence-electron chi connectivity index (χ1n) is 7.01. The lowest BCUT2D eigenvalue weighted by atomic mass is 10.1. The Kier molecular flexibility index (Phi) is 4.03. The van der Waals surface area contributed by atoms with Crippen LogP contribution in [0.4, 0.5) is 4.39 Å². The van der Waals surface area contributed by atoms with E-state index >= 15 is 0 Å². The van der Waals surface area contributed by atoms with Crippen molar-refractivity contribution in [3.63, 3.8) is 0 Å². The number of halogens is 1. The van der Waals surface area contributed by atoms with Crippen LogP contribution in [-0.2, 0) is 0 Å². The summed E-state index contributed by atoms with van der Waals surface area (Å²) >= 11 is 1.51. The van der Waals surface area contributed by atoms with E-state index < -0.39 is 0 Å². The molecule has 2 heterocycles. The number of aryl methyl sites for hydroxylation is 1. The Morgan fingerprint density at radius 1 is 1.24 bits per heavy atom. The Morgan fingerprint density at radius 3 is 2.57 bits per heavy atom. The molecule has 1 N–H and O–H groups in total. The smallest absolute Gasteiger partial charge is 0.264 e. The highest BCUT2D eigenvalue weighted by Gasteiger charge is 2.21. The number of carbonyl (C=O) groups excluding carboxylic acids is 1. The second kappa shape index (κ2) is 5.95. The molecule has 0 atom stereocenters.